The summed E-state index contributed by atoms with van der Waals surface area (Å²) in [5.41, 5.74) is 0. The summed E-state index contributed by atoms with van der Waals surface area (Å²) >= 11 is 0. The lowest BCUT2D eigenvalue weighted by molar-refractivity contribution is -0.148. The number of carboxylic acid groups (broad SMARTS) is 1. The molecule has 0 aromatic rings. The summed E-state index contributed by atoms with van der Waals surface area (Å²) in [5, 5.41) is 11.5. The van der Waals surface area contributed by atoms with Gasteiger partial charge in [-0.15, -0.1) is 0 Å². The average Bonchev–Trinajstić information content (AvgIpc) is 2.34. The van der Waals surface area contributed by atoms with Gasteiger partial charge >= 0.3 is 5.97 Å². The Balaban J connectivity index is 2.32. The summed E-state index contributed by atoms with van der Waals surface area (Å²) in [6.45, 7) is 3.18. The van der Waals surface area contributed by atoms with Gasteiger partial charge in [0.1, 0.15) is 0 Å². The van der Waals surface area contributed by atoms with Crippen LogP contribution in [0.1, 0.15) is 19.8 Å². The van der Waals surface area contributed by atoms with Gasteiger partial charge in [0.05, 0.1) is 25.7 Å². The first kappa shape index (κ1) is 13.9. The lowest BCUT2D eigenvalue weighted by Gasteiger charge is -2.22. The van der Waals surface area contributed by atoms with Crippen molar-refractivity contribution in [1.29, 1.82) is 0 Å². The molecule has 0 saturated carbocycles. The SMILES string of the molecule is CCCC(CNC(=O)C1COCCO1)C(=O)O. The van der Waals surface area contributed by atoms with E-state index in [0.717, 1.165) is 6.42 Å². The Morgan fingerprint density at radius 2 is 2.24 bits per heavy atom. The molecule has 0 aliphatic carbocycles. The number of ether oxygens (including phenoxy) is 2. The Morgan fingerprint density at radius 3 is 2.76 bits per heavy atom. The molecule has 6 heteroatoms. The third kappa shape index (κ3) is 4.70. The maximum atomic E-state index is 11.6. The van der Waals surface area contributed by atoms with Gasteiger partial charge in [0, 0.05) is 6.54 Å². The van der Waals surface area contributed by atoms with E-state index >= 15 is 0 Å². The highest BCUT2D eigenvalue weighted by Gasteiger charge is 2.24. The summed E-state index contributed by atoms with van der Waals surface area (Å²) in [7, 11) is 0. The van der Waals surface area contributed by atoms with Crippen molar-refractivity contribution in [1.82, 2.24) is 5.32 Å². The van der Waals surface area contributed by atoms with Crippen molar-refractivity contribution in [2.45, 2.75) is 25.9 Å². The molecule has 17 heavy (non-hydrogen) atoms. The van der Waals surface area contributed by atoms with Crippen molar-refractivity contribution >= 4 is 11.9 Å². The topological polar surface area (TPSA) is 84.9 Å². The minimum absolute atomic E-state index is 0.141. The lowest BCUT2D eigenvalue weighted by atomic mass is 10.0. The van der Waals surface area contributed by atoms with Crippen molar-refractivity contribution in [3.8, 4) is 0 Å². The van der Waals surface area contributed by atoms with E-state index in [0.29, 0.717) is 19.6 Å². The van der Waals surface area contributed by atoms with E-state index in [2.05, 4.69) is 5.32 Å². The van der Waals surface area contributed by atoms with Crippen LogP contribution >= 0.6 is 0 Å². The van der Waals surface area contributed by atoms with Gasteiger partial charge in [0.2, 0.25) is 0 Å². The molecular formula is C11H19NO5. The minimum atomic E-state index is -0.882. The summed E-state index contributed by atoms with van der Waals surface area (Å²) in [5.74, 6) is -1.71. The van der Waals surface area contributed by atoms with Gasteiger partial charge in [-0.2, -0.15) is 0 Å². The molecule has 2 atom stereocenters. The molecule has 98 valence electrons. The maximum absolute atomic E-state index is 11.6. The average molecular weight is 245 g/mol. The van der Waals surface area contributed by atoms with E-state index in [4.69, 9.17) is 14.6 Å². The molecule has 1 fully saturated rings. The molecule has 0 radical (unpaired) electrons. The Kier molecular flexibility index (Phi) is 5.93. The monoisotopic (exact) mass is 245 g/mol. The third-order valence-corrected chi connectivity index (χ3v) is 2.62. The Bertz CT molecular complexity index is 263. The van der Waals surface area contributed by atoms with Crippen LogP contribution in [-0.2, 0) is 19.1 Å². The number of rotatable bonds is 6. The van der Waals surface area contributed by atoms with Crippen molar-refractivity contribution in [2.24, 2.45) is 5.92 Å². The molecule has 0 spiro atoms. The molecule has 6 nitrogen and oxygen atoms in total. The van der Waals surface area contributed by atoms with E-state index in [-0.39, 0.29) is 19.1 Å². The van der Waals surface area contributed by atoms with Crippen molar-refractivity contribution in [3.05, 3.63) is 0 Å². The van der Waals surface area contributed by atoms with E-state index in [1.165, 1.54) is 0 Å². The first-order valence-corrected chi connectivity index (χ1v) is 5.85. The predicted octanol–water partition coefficient (Wildman–Crippen LogP) is 0.0189. The van der Waals surface area contributed by atoms with Crippen LogP contribution in [0.2, 0.25) is 0 Å². The van der Waals surface area contributed by atoms with Crippen LogP contribution < -0.4 is 5.32 Å². The number of nitrogens with one attached hydrogen (secondary N) is 1. The van der Waals surface area contributed by atoms with Gasteiger partial charge in [-0.05, 0) is 6.42 Å². The lowest BCUT2D eigenvalue weighted by Crippen LogP contribution is -2.45. The number of carbonyl (C=O) groups excluding carboxylic acids is 1. The fourth-order valence-corrected chi connectivity index (χ4v) is 1.64. The zero-order valence-corrected chi connectivity index (χ0v) is 9.98. The summed E-state index contributed by atoms with van der Waals surface area (Å²) in [6.07, 6.45) is 0.716. The molecule has 0 bridgehead atoms. The summed E-state index contributed by atoms with van der Waals surface area (Å²) in [4.78, 5) is 22.5. The molecule has 1 saturated heterocycles. The predicted molar refractivity (Wildman–Crippen MR) is 59.6 cm³/mol. The third-order valence-electron chi connectivity index (χ3n) is 2.62. The first-order chi connectivity index (χ1) is 8.15. The molecule has 1 aliphatic rings. The van der Waals surface area contributed by atoms with Gasteiger partial charge in [0.25, 0.3) is 5.91 Å². The van der Waals surface area contributed by atoms with Gasteiger partial charge in [-0.3, -0.25) is 9.59 Å². The number of amides is 1. The fourth-order valence-electron chi connectivity index (χ4n) is 1.64. The molecule has 1 amide bonds. The number of carboxylic acids is 1. The van der Waals surface area contributed by atoms with E-state index in [1.54, 1.807) is 0 Å². The second-order valence-corrected chi connectivity index (χ2v) is 4.00. The second kappa shape index (κ2) is 7.24. The Morgan fingerprint density at radius 1 is 1.47 bits per heavy atom. The Hall–Kier alpha value is -1.14. The molecule has 0 aromatic heterocycles. The number of carbonyl (C=O) groups is 2. The number of hydrogen-bond donors (Lipinski definition) is 2. The van der Waals surface area contributed by atoms with Gasteiger partial charge < -0.3 is 19.9 Å². The summed E-state index contributed by atoms with van der Waals surface area (Å²) < 4.78 is 10.3. The van der Waals surface area contributed by atoms with Gasteiger partial charge in [0.15, 0.2) is 6.10 Å². The molecular weight excluding hydrogens is 226 g/mol. The molecule has 2 N–H and O–H groups in total. The highest BCUT2D eigenvalue weighted by atomic mass is 16.6. The quantitative estimate of drug-likeness (QED) is 0.689. The zero-order chi connectivity index (χ0) is 12.7. The number of aliphatic carboxylic acids is 1. The number of hydrogen-bond acceptors (Lipinski definition) is 4. The van der Waals surface area contributed by atoms with Gasteiger partial charge in [-0.25, -0.2) is 0 Å². The standard InChI is InChI=1S/C11H19NO5/c1-2-3-8(11(14)15)6-12-10(13)9-7-16-4-5-17-9/h8-9H,2-7H2,1H3,(H,12,13)(H,14,15). The van der Waals surface area contributed by atoms with Crippen LogP contribution in [0.25, 0.3) is 0 Å². The molecule has 1 heterocycles. The molecule has 2 unspecified atom stereocenters. The van der Waals surface area contributed by atoms with Gasteiger partial charge in [-0.1, -0.05) is 13.3 Å². The van der Waals surface area contributed by atoms with Crippen LogP contribution in [-0.4, -0.2) is 49.5 Å². The van der Waals surface area contributed by atoms with Crippen molar-refractivity contribution < 1.29 is 24.2 Å². The van der Waals surface area contributed by atoms with E-state index < -0.39 is 18.0 Å². The largest absolute Gasteiger partial charge is 0.481 e. The van der Waals surface area contributed by atoms with E-state index in [9.17, 15) is 9.59 Å². The molecule has 0 aromatic carbocycles. The van der Waals surface area contributed by atoms with Crippen molar-refractivity contribution in [3.63, 3.8) is 0 Å². The summed E-state index contributed by atoms with van der Waals surface area (Å²) in [6, 6.07) is 0. The second-order valence-electron chi connectivity index (χ2n) is 4.00. The van der Waals surface area contributed by atoms with Crippen LogP contribution in [0.3, 0.4) is 0 Å². The molecule has 1 aliphatic heterocycles. The first-order valence-electron chi connectivity index (χ1n) is 5.85. The van der Waals surface area contributed by atoms with E-state index in [1.807, 2.05) is 6.92 Å². The highest BCUT2D eigenvalue weighted by Crippen LogP contribution is 2.06. The zero-order valence-electron chi connectivity index (χ0n) is 9.98. The highest BCUT2D eigenvalue weighted by molar-refractivity contribution is 5.81. The van der Waals surface area contributed by atoms with Crippen LogP contribution in [0.4, 0.5) is 0 Å². The minimum Gasteiger partial charge on any atom is -0.481 e. The van der Waals surface area contributed by atoms with Crippen LogP contribution in [0.5, 0.6) is 0 Å². The normalized spacial score (nSPS) is 21.8. The smallest absolute Gasteiger partial charge is 0.308 e. The van der Waals surface area contributed by atoms with Crippen LogP contribution in [0.15, 0.2) is 0 Å². The maximum Gasteiger partial charge on any atom is 0.308 e. The fraction of sp³-hybridized carbons (Fsp3) is 0.818. The Labute approximate surface area is 100 Å². The van der Waals surface area contributed by atoms with Crippen molar-refractivity contribution in [2.75, 3.05) is 26.4 Å². The van der Waals surface area contributed by atoms with Crippen LogP contribution in [0, 0.1) is 5.92 Å². The molecule has 1 rings (SSSR count).